The van der Waals surface area contributed by atoms with E-state index in [1.807, 2.05) is 250 Å². The number of carbonyl (C=O) groups is 9. The standard InChI is InChI=1S/C31H32N4O2.C25H30N2O3.C20H22N2O.C13H21NO4.C11H12N2O2.C8H13NO2.C2H3N.2ClH/c1-3-20-31(30(37)33-25-15-8-7-14-24(25)23-12-5-4-6-13-23)21-11-22-35(31)29(36)19-18-28-32-26-16-9-10-17-27(26)34(28)2;1-5-16-25(17-11-18-27(25)23(29)30-24(2,3)4)22(28)26-21-15-10-9-14-20(21)19-12-7-6-8-13-19;1-2-13-20(14-8-15-21-20)19(23)22-18-12-7-6-11-17(18)16-9-4-3-5-10-16;1-5-7-13(10(15)16)8-6-9-14(13)11(17)18-12(2,3)4;1-13-9-5-3-2-4-8(9)12-10(13)6-7-11(14)15;1-2-4-8(7(10)11)5-3-6-9-8;1-2-3;;/h3-10,12-17H,1,11,18-22H2,2H3,(H,33,37);5-10,12-15H,1,11,16-18H2,2-4H3,(H,26,28);2-7,9-12,21H,1,8,13-15H2,(H,22,23);5H,1,6-9H2,2-4H3,(H,15,16);2-5H,6-7H2,1H3,(H,14,15);2,9H,1,3-6H2,(H,10,11);1H3;2*1H/t31-;25-;20-;13-;;8-;;;/m0000.0.../s1. The molecule has 5 aliphatic heterocycles. The van der Waals surface area contributed by atoms with Gasteiger partial charge in [0, 0.05) is 80.2 Å². The summed E-state index contributed by atoms with van der Waals surface area (Å²) < 4.78 is 14.9. The second kappa shape index (κ2) is 52.7. The highest BCUT2D eigenvalue weighted by Gasteiger charge is 2.53. The van der Waals surface area contributed by atoms with Crippen molar-refractivity contribution in [2.24, 2.45) is 14.1 Å². The summed E-state index contributed by atoms with van der Waals surface area (Å²) in [7, 11) is 3.92. The number of fused-ring (bicyclic) bond motifs is 2. The molecule has 0 aliphatic carbocycles. The summed E-state index contributed by atoms with van der Waals surface area (Å²) in [6.45, 7) is 34.0. The number of aromatic amines is 1. The van der Waals surface area contributed by atoms with Crippen LogP contribution < -0.4 is 43.6 Å². The Morgan fingerprint density at radius 2 is 0.849 bits per heavy atom. The van der Waals surface area contributed by atoms with Crippen LogP contribution in [-0.2, 0) is 70.0 Å². The number of H-pyrrole nitrogens is 1. The van der Waals surface area contributed by atoms with Gasteiger partial charge < -0.3 is 73.3 Å². The van der Waals surface area contributed by atoms with Crippen LogP contribution in [0.2, 0.25) is 0 Å². The lowest BCUT2D eigenvalue weighted by atomic mass is 9.89. The fraction of sp³-hybridized carbons (Fsp3) is 0.364. The van der Waals surface area contributed by atoms with Crippen LogP contribution in [0.1, 0.15) is 169 Å². The molecule has 9 N–H and O–H groups in total. The number of rotatable bonds is 27. The fourth-order valence-electron chi connectivity index (χ4n) is 18.1. The first-order valence-corrected chi connectivity index (χ1v) is 46.7. The number of carboxylic acids is 3. The van der Waals surface area contributed by atoms with Crippen molar-refractivity contribution in [2.45, 2.75) is 209 Å². The molecule has 27 nitrogen and oxygen atoms in total. The first-order chi connectivity index (χ1) is 65.6. The Bertz CT molecular complexity index is 5900. The van der Waals surface area contributed by atoms with E-state index in [2.05, 4.69) is 76.6 Å². The van der Waals surface area contributed by atoms with Crippen molar-refractivity contribution in [3.05, 3.63) is 287 Å². The maximum Gasteiger partial charge on any atom is 0.411 e. The highest BCUT2D eigenvalue weighted by Crippen LogP contribution is 2.41. The minimum Gasteiger partial charge on any atom is -1.00 e. The third-order valence-electron chi connectivity index (χ3n) is 24.7. The highest BCUT2D eigenvalue weighted by atomic mass is 35.5. The number of aromatic nitrogens is 4. The molecule has 5 atom stereocenters. The van der Waals surface area contributed by atoms with E-state index in [-0.39, 0.29) is 61.3 Å². The molecule has 10 aromatic rings. The molecule has 5 aliphatic rings. The predicted octanol–water partition coefficient (Wildman–Crippen LogP) is 17.5. The summed E-state index contributed by atoms with van der Waals surface area (Å²) in [6, 6.07) is 71.0. The van der Waals surface area contributed by atoms with Gasteiger partial charge in [-0.05, 0) is 210 Å². The number of hydrogen-bond acceptors (Lipinski definition) is 15. The molecule has 29 heteroatoms. The highest BCUT2D eigenvalue weighted by molar-refractivity contribution is 6.05. The summed E-state index contributed by atoms with van der Waals surface area (Å²) in [5.41, 5.74) is 6.83. The Balaban J connectivity index is 0.000000234. The first kappa shape index (κ1) is 112. The molecule has 738 valence electrons. The number of benzene rings is 8. The topological polar surface area (TPSA) is 364 Å². The van der Waals surface area contributed by atoms with E-state index in [4.69, 9.17) is 29.9 Å². The largest absolute Gasteiger partial charge is 1.00 e. The molecule has 2 aromatic heterocycles. The van der Waals surface area contributed by atoms with Crippen LogP contribution in [0.4, 0.5) is 26.7 Å². The number of nitrogens with one attached hydrogen (secondary N) is 6. The number of nitriles is 1. The molecule has 15 rings (SSSR count). The molecular formula is C110H135Cl2N13O14. The maximum absolute atomic E-state index is 13.9. The number of hydrogen-bond donors (Lipinski definition) is 9. The van der Waals surface area contributed by atoms with Gasteiger partial charge in [-0.2, -0.15) is 5.26 Å². The van der Waals surface area contributed by atoms with Gasteiger partial charge in [-0.3, -0.25) is 38.6 Å². The van der Waals surface area contributed by atoms with Crippen molar-refractivity contribution in [1.82, 2.24) is 39.9 Å². The van der Waals surface area contributed by atoms with Gasteiger partial charge in [0.2, 0.25) is 11.8 Å². The number of halogens is 2. The number of ether oxygens (including phenoxy) is 2. The predicted molar refractivity (Wildman–Crippen MR) is 547 cm³/mol. The minimum absolute atomic E-state index is 0. The molecule has 8 aromatic carbocycles. The molecule has 5 saturated heterocycles. The first-order valence-electron chi connectivity index (χ1n) is 46.7. The minimum atomic E-state index is -1.19. The number of carboxylic acid groups (broad SMARTS) is 3. The van der Waals surface area contributed by atoms with E-state index >= 15 is 0 Å². The van der Waals surface area contributed by atoms with Crippen molar-refractivity contribution in [1.29, 1.82) is 5.26 Å². The molecule has 7 heterocycles. The molecule has 0 spiro atoms. The van der Waals surface area contributed by atoms with Crippen LogP contribution in [0.5, 0.6) is 0 Å². The van der Waals surface area contributed by atoms with Gasteiger partial charge in [0.1, 0.15) is 44.7 Å². The Morgan fingerprint density at radius 1 is 0.475 bits per heavy atom. The average molecular weight is 1930 g/mol. The number of carbonyl (C=O) groups excluding carboxylic acids is 6. The van der Waals surface area contributed by atoms with E-state index in [9.17, 15) is 48.3 Å². The summed E-state index contributed by atoms with van der Waals surface area (Å²) >= 11 is 0. The van der Waals surface area contributed by atoms with Crippen molar-refractivity contribution in [3.8, 4) is 39.4 Å². The van der Waals surface area contributed by atoms with Gasteiger partial charge in [0.05, 0.1) is 37.0 Å². The lowest BCUT2D eigenvalue weighted by Gasteiger charge is -2.37. The number of aliphatic carboxylic acids is 3. The lowest BCUT2D eigenvalue weighted by molar-refractivity contribution is -0.652. The van der Waals surface area contributed by atoms with Crippen LogP contribution in [-0.4, -0.2) is 170 Å². The zero-order valence-electron chi connectivity index (χ0n) is 81.3. The van der Waals surface area contributed by atoms with E-state index < -0.39 is 69.0 Å². The Kier molecular flexibility index (Phi) is 42.5. The van der Waals surface area contributed by atoms with E-state index in [1.54, 1.807) is 54.9 Å². The van der Waals surface area contributed by atoms with Gasteiger partial charge >= 0.3 is 30.1 Å². The normalized spacial score (nSPS) is 18.6. The number of anilines is 3. The number of likely N-dealkylation sites (tertiary alicyclic amines) is 3. The van der Waals surface area contributed by atoms with Gasteiger partial charge in [-0.15, -0.1) is 45.3 Å². The summed E-state index contributed by atoms with van der Waals surface area (Å²) in [5, 5.41) is 50.0. The van der Waals surface area contributed by atoms with Crippen LogP contribution in [0.25, 0.3) is 55.4 Å². The molecule has 0 bridgehead atoms. The van der Waals surface area contributed by atoms with Crippen molar-refractivity contribution >= 4 is 105 Å². The average Bonchev–Trinajstić information content (AvgIpc) is 1.63. The SMILES string of the molecule is C=CC[C@@]1(C(=O)Nc2ccccc2-c2ccccc2)CCCN1.C=CC[C@@]1(C(=O)Nc2ccccc2-c2ccccc2)CCCN1C(=O)CCc1nc2ccccc2n1C.C=CC[C@@]1(C(=O)Nc2ccccc2-c2ccccc2)CCCN1C(=O)OC(C)(C)C.C=CC[C@@]1(C(=O)O)CCCN1.C=CC[C@@]1(C(=O)O)CCCN1C(=O)OC(C)(C)C.CC#N.C[n+]1c(CCC(=O)O)[nH]c2ccccc21.Cl.[Cl-]. The van der Waals surface area contributed by atoms with E-state index in [1.165, 1.54) is 17.9 Å². The second-order valence-electron chi connectivity index (χ2n) is 36.5. The molecule has 6 amide bonds. The van der Waals surface area contributed by atoms with Gasteiger partial charge in [-0.1, -0.05) is 200 Å². The molecule has 0 radical (unpaired) electrons. The number of amides is 6. The third kappa shape index (κ3) is 29.2. The number of nitrogens with zero attached hydrogens (tertiary/aromatic N) is 7. The van der Waals surface area contributed by atoms with Crippen molar-refractivity contribution in [2.75, 3.05) is 48.7 Å². The van der Waals surface area contributed by atoms with Gasteiger partial charge in [0.25, 0.3) is 17.6 Å². The third-order valence-corrected chi connectivity index (χ3v) is 24.7. The molecule has 0 unspecified atom stereocenters. The Hall–Kier alpha value is -13.8. The Labute approximate surface area is 829 Å². The smallest absolute Gasteiger partial charge is 0.411 e. The number of imidazole rings is 2. The monoisotopic (exact) mass is 1930 g/mol. The van der Waals surface area contributed by atoms with Crippen LogP contribution in [0, 0.1) is 11.3 Å². The van der Waals surface area contributed by atoms with Gasteiger partial charge in [-0.25, -0.2) is 28.9 Å². The summed E-state index contributed by atoms with van der Waals surface area (Å²) in [4.78, 5) is 124. The van der Waals surface area contributed by atoms with Gasteiger partial charge in [0.15, 0.2) is 11.0 Å². The van der Waals surface area contributed by atoms with Crippen LogP contribution in [0.15, 0.2) is 276 Å². The number of aryl methyl sites for hydroxylation is 4. The zero-order chi connectivity index (χ0) is 99.6. The lowest BCUT2D eigenvalue weighted by Crippen LogP contribution is -3.00. The quantitative estimate of drug-likeness (QED) is 0.0171. The van der Waals surface area contributed by atoms with Crippen molar-refractivity contribution in [3.63, 3.8) is 0 Å². The van der Waals surface area contributed by atoms with E-state index in [0.717, 1.165) is 124 Å². The van der Waals surface area contributed by atoms with Crippen molar-refractivity contribution < 1.29 is 84.9 Å². The summed E-state index contributed by atoms with van der Waals surface area (Å²) in [5.74, 6) is -1.09. The van der Waals surface area contributed by atoms with Crippen LogP contribution >= 0.6 is 12.4 Å². The van der Waals surface area contributed by atoms with E-state index in [0.29, 0.717) is 102 Å². The second-order valence-corrected chi connectivity index (χ2v) is 36.5. The number of para-hydroxylation sites is 7. The Morgan fingerprint density at radius 3 is 1.26 bits per heavy atom. The fourth-order valence-corrected chi connectivity index (χ4v) is 18.1. The van der Waals surface area contributed by atoms with Crippen LogP contribution in [0.3, 0.4) is 0 Å². The molecule has 139 heavy (non-hydrogen) atoms. The molecule has 0 saturated carbocycles. The summed E-state index contributed by atoms with van der Waals surface area (Å²) in [6.07, 6.45) is 18.4. The zero-order valence-corrected chi connectivity index (χ0v) is 82.9. The molecular weight excluding hydrogens is 1800 g/mol. The maximum atomic E-state index is 13.9. The molecule has 5 fully saturated rings.